The smallest absolute Gasteiger partial charge is 0.319 e. The molecule has 1 aromatic carbocycles. The average molecular weight is 287 g/mol. The van der Waals surface area contributed by atoms with Crippen LogP contribution in [0.2, 0.25) is 0 Å². The minimum atomic E-state index is -0.579. The van der Waals surface area contributed by atoms with Crippen molar-refractivity contribution in [2.24, 2.45) is 7.05 Å². The second-order valence-electron chi connectivity index (χ2n) is 5.10. The van der Waals surface area contributed by atoms with Crippen LogP contribution in [-0.4, -0.2) is 22.2 Å². The first kappa shape index (κ1) is 15.1. The molecule has 0 fully saturated rings. The van der Waals surface area contributed by atoms with Crippen molar-refractivity contribution in [2.75, 3.05) is 11.9 Å². The molecule has 21 heavy (non-hydrogen) atoms. The van der Waals surface area contributed by atoms with Gasteiger partial charge in [0.05, 0.1) is 6.10 Å². The van der Waals surface area contributed by atoms with Gasteiger partial charge in [-0.15, -0.1) is 0 Å². The molecular weight excluding hydrogens is 266 g/mol. The summed E-state index contributed by atoms with van der Waals surface area (Å²) in [7, 11) is 1.89. The normalized spacial score (nSPS) is 12.0. The van der Waals surface area contributed by atoms with Gasteiger partial charge in [0, 0.05) is 31.2 Å². The Morgan fingerprint density at radius 1 is 1.29 bits per heavy atom. The lowest BCUT2D eigenvalue weighted by molar-refractivity contribution is 0.159. The molecule has 0 aliphatic carbocycles. The first-order valence-corrected chi connectivity index (χ1v) is 6.97. The van der Waals surface area contributed by atoms with Gasteiger partial charge in [0.2, 0.25) is 0 Å². The van der Waals surface area contributed by atoms with E-state index in [9.17, 15) is 9.90 Å². The summed E-state index contributed by atoms with van der Waals surface area (Å²) in [4.78, 5) is 11.7. The van der Waals surface area contributed by atoms with Crippen LogP contribution in [0.1, 0.15) is 23.8 Å². The maximum atomic E-state index is 11.7. The van der Waals surface area contributed by atoms with Gasteiger partial charge in [-0.3, -0.25) is 0 Å². The van der Waals surface area contributed by atoms with E-state index in [0.29, 0.717) is 13.0 Å². The Kier molecular flexibility index (Phi) is 5.00. The zero-order valence-electron chi connectivity index (χ0n) is 12.3. The molecule has 2 amide bonds. The van der Waals surface area contributed by atoms with Gasteiger partial charge in [-0.25, -0.2) is 4.79 Å². The number of aliphatic hydroxyl groups excluding tert-OH is 1. The summed E-state index contributed by atoms with van der Waals surface area (Å²) >= 11 is 0. The number of aromatic nitrogens is 1. The van der Waals surface area contributed by atoms with Crippen LogP contribution in [-0.2, 0) is 7.05 Å². The number of aryl methyl sites for hydroxylation is 2. The fraction of sp³-hybridized carbons (Fsp3) is 0.312. The molecule has 0 saturated heterocycles. The molecule has 0 bridgehead atoms. The number of benzene rings is 1. The Morgan fingerprint density at radius 2 is 2.00 bits per heavy atom. The molecular formula is C16H21N3O2. The van der Waals surface area contributed by atoms with Crippen LogP contribution >= 0.6 is 0 Å². The standard InChI is InChI=1S/C16H21N3O2/c1-12-5-7-13(8-6-12)18-16(21)17-10-9-15(20)14-4-3-11-19(14)2/h3-8,11,15,20H,9-10H2,1-2H3,(H2,17,18,21). The quantitative estimate of drug-likeness (QED) is 0.791. The van der Waals surface area contributed by atoms with Gasteiger partial charge in [-0.05, 0) is 37.6 Å². The van der Waals surface area contributed by atoms with Crippen molar-refractivity contribution >= 4 is 11.7 Å². The molecule has 1 aromatic heterocycles. The highest BCUT2D eigenvalue weighted by molar-refractivity contribution is 5.89. The number of carbonyl (C=O) groups is 1. The molecule has 1 atom stereocenters. The van der Waals surface area contributed by atoms with Crippen LogP contribution in [0, 0.1) is 6.92 Å². The van der Waals surface area contributed by atoms with Crippen molar-refractivity contribution in [3.63, 3.8) is 0 Å². The van der Waals surface area contributed by atoms with E-state index < -0.39 is 6.10 Å². The largest absolute Gasteiger partial charge is 0.387 e. The fourth-order valence-corrected chi connectivity index (χ4v) is 2.10. The van der Waals surface area contributed by atoms with Gasteiger partial charge in [0.25, 0.3) is 0 Å². The zero-order chi connectivity index (χ0) is 15.2. The molecule has 0 saturated carbocycles. The maximum absolute atomic E-state index is 11.7. The monoisotopic (exact) mass is 287 g/mol. The predicted octanol–water partition coefficient (Wildman–Crippen LogP) is 2.58. The van der Waals surface area contributed by atoms with Crippen LogP contribution < -0.4 is 10.6 Å². The Bertz CT molecular complexity index is 590. The molecule has 5 heteroatoms. The van der Waals surface area contributed by atoms with Gasteiger partial charge in [-0.2, -0.15) is 0 Å². The molecule has 0 aliphatic rings. The van der Waals surface area contributed by atoms with Crippen LogP contribution in [0.5, 0.6) is 0 Å². The number of amides is 2. The highest BCUT2D eigenvalue weighted by Gasteiger charge is 2.10. The topological polar surface area (TPSA) is 66.3 Å². The van der Waals surface area contributed by atoms with Crippen LogP contribution in [0.25, 0.3) is 0 Å². The third-order valence-corrected chi connectivity index (χ3v) is 3.34. The summed E-state index contributed by atoms with van der Waals surface area (Å²) < 4.78 is 1.87. The summed E-state index contributed by atoms with van der Waals surface area (Å²) in [5.74, 6) is 0. The number of hydrogen-bond acceptors (Lipinski definition) is 2. The number of hydrogen-bond donors (Lipinski definition) is 3. The number of carbonyl (C=O) groups excluding carboxylic acids is 1. The molecule has 1 heterocycles. The second-order valence-corrected chi connectivity index (χ2v) is 5.10. The predicted molar refractivity (Wildman–Crippen MR) is 83.2 cm³/mol. The maximum Gasteiger partial charge on any atom is 0.319 e. The van der Waals surface area contributed by atoms with E-state index in [-0.39, 0.29) is 6.03 Å². The number of aliphatic hydroxyl groups is 1. The van der Waals surface area contributed by atoms with Crippen molar-refractivity contribution in [3.05, 3.63) is 53.9 Å². The molecule has 1 unspecified atom stereocenters. The van der Waals surface area contributed by atoms with Crippen molar-refractivity contribution in [3.8, 4) is 0 Å². The molecule has 0 radical (unpaired) electrons. The highest BCUT2D eigenvalue weighted by Crippen LogP contribution is 2.15. The molecule has 3 N–H and O–H groups in total. The van der Waals surface area contributed by atoms with Gasteiger partial charge in [0.15, 0.2) is 0 Å². The van der Waals surface area contributed by atoms with Crippen molar-refractivity contribution in [1.29, 1.82) is 0 Å². The Labute approximate surface area is 124 Å². The van der Waals surface area contributed by atoms with E-state index in [1.807, 2.05) is 61.1 Å². The molecule has 5 nitrogen and oxygen atoms in total. The first-order valence-electron chi connectivity index (χ1n) is 6.97. The van der Waals surface area contributed by atoms with Gasteiger partial charge < -0.3 is 20.3 Å². The second kappa shape index (κ2) is 6.95. The summed E-state index contributed by atoms with van der Waals surface area (Å²) in [6, 6.07) is 11.1. The Balaban J connectivity index is 1.74. The Hall–Kier alpha value is -2.27. The Morgan fingerprint density at radius 3 is 2.62 bits per heavy atom. The van der Waals surface area contributed by atoms with Crippen LogP contribution in [0.3, 0.4) is 0 Å². The lowest BCUT2D eigenvalue weighted by Crippen LogP contribution is -2.30. The van der Waals surface area contributed by atoms with E-state index in [0.717, 1.165) is 16.9 Å². The van der Waals surface area contributed by atoms with E-state index in [2.05, 4.69) is 10.6 Å². The van der Waals surface area contributed by atoms with Crippen LogP contribution in [0.4, 0.5) is 10.5 Å². The molecule has 2 aromatic rings. The molecule has 112 valence electrons. The third-order valence-electron chi connectivity index (χ3n) is 3.34. The number of nitrogens with zero attached hydrogens (tertiary/aromatic N) is 1. The van der Waals surface area contributed by atoms with Crippen molar-refractivity contribution in [2.45, 2.75) is 19.4 Å². The molecule has 0 spiro atoms. The van der Waals surface area contributed by atoms with Crippen molar-refractivity contribution < 1.29 is 9.90 Å². The van der Waals surface area contributed by atoms with Crippen LogP contribution in [0.15, 0.2) is 42.6 Å². The van der Waals surface area contributed by atoms with E-state index in [1.165, 1.54) is 0 Å². The summed E-state index contributed by atoms with van der Waals surface area (Å²) in [6.07, 6.45) is 1.78. The summed E-state index contributed by atoms with van der Waals surface area (Å²) in [5.41, 5.74) is 2.74. The summed E-state index contributed by atoms with van der Waals surface area (Å²) in [6.45, 7) is 2.40. The van der Waals surface area contributed by atoms with E-state index >= 15 is 0 Å². The van der Waals surface area contributed by atoms with E-state index in [1.54, 1.807) is 0 Å². The van der Waals surface area contributed by atoms with Gasteiger partial charge in [-0.1, -0.05) is 17.7 Å². The summed E-state index contributed by atoms with van der Waals surface area (Å²) in [5, 5.41) is 15.5. The number of urea groups is 1. The lowest BCUT2D eigenvalue weighted by Gasteiger charge is -2.13. The molecule has 2 rings (SSSR count). The van der Waals surface area contributed by atoms with Crippen molar-refractivity contribution in [1.82, 2.24) is 9.88 Å². The first-order chi connectivity index (χ1) is 10.1. The lowest BCUT2D eigenvalue weighted by atomic mass is 10.2. The SMILES string of the molecule is Cc1ccc(NC(=O)NCCC(O)c2cccn2C)cc1. The highest BCUT2D eigenvalue weighted by atomic mass is 16.3. The van der Waals surface area contributed by atoms with Gasteiger partial charge >= 0.3 is 6.03 Å². The zero-order valence-corrected chi connectivity index (χ0v) is 12.3. The number of nitrogens with one attached hydrogen (secondary N) is 2. The minimum absolute atomic E-state index is 0.266. The molecule has 0 aliphatic heterocycles. The number of anilines is 1. The third kappa shape index (κ3) is 4.36. The average Bonchev–Trinajstić information content (AvgIpc) is 2.87. The fourth-order valence-electron chi connectivity index (χ4n) is 2.10. The minimum Gasteiger partial charge on any atom is -0.387 e. The van der Waals surface area contributed by atoms with Gasteiger partial charge in [0.1, 0.15) is 0 Å². The van der Waals surface area contributed by atoms with E-state index in [4.69, 9.17) is 0 Å². The number of rotatable bonds is 5.